The molecule has 65 heavy (non-hydrogen) atoms. The number of carbonyl (C=O) groups excluding carboxylic acids is 2. The Labute approximate surface area is 379 Å². The average Bonchev–Trinajstić information content (AvgIpc) is 3.21. The van der Waals surface area contributed by atoms with Gasteiger partial charge < -0.3 is 43.0 Å². The molecule has 2 atom stereocenters. The van der Waals surface area contributed by atoms with Crippen molar-refractivity contribution in [3.63, 3.8) is 0 Å². The summed E-state index contributed by atoms with van der Waals surface area (Å²) in [5, 5.41) is 8.64. The Bertz CT molecular complexity index is 1110. The number of aliphatic hydroxyl groups is 1. The van der Waals surface area contributed by atoms with Gasteiger partial charge in [-0.3, -0.25) is 9.59 Å². The maximum absolute atomic E-state index is 13.3. The van der Waals surface area contributed by atoms with Crippen LogP contribution in [0.3, 0.4) is 0 Å². The van der Waals surface area contributed by atoms with Crippen molar-refractivity contribution < 1.29 is 105 Å². The van der Waals surface area contributed by atoms with Crippen molar-refractivity contribution in [3.05, 3.63) is 0 Å². The predicted octanol–water partition coefficient (Wildman–Crippen LogP) is 11.0. The van der Waals surface area contributed by atoms with Crippen LogP contribution in [-0.2, 0) is 47.5 Å². The molecule has 1 N–H and O–H groups in total. The third kappa shape index (κ3) is 29.3. The topological polar surface area (TPSA) is 128 Å². The van der Waals surface area contributed by atoms with Crippen LogP contribution in [0, 0.1) is 11.8 Å². The SMILES string of the molecule is C.C.C.C.CCC(C)C(=O)OCC(F)(F)C(F)(F)C(F)(F)C(F)(F)C(F)(F)C(F)F.CCC(C)C(=O)OCCCOCCCOCCCOCCCOCCCOCCCOCCCO. The Hall–Kier alpha value is -2.18. The highest BCUT2D eigenvalue weighted by Crippen LogP contribution is 2.58. The molecule has 0 radical (unpaired) electrons. The van der Waals surface area contributed by atoms with E-state index in [4.69, 9.17) is 38.3 Å². The van der Waals surface area contributed by atoms with E-state index in [1.807, 2.05) is 13.8 Å². The number of esters is 2. The van der Waals surface area contributed by atoms with Gasteiger partial charge in [0.2, 0.25) is 0 Å². The monoisotopic (exact) mass is 989 g/mol. The Morgan fingerprint density at radius 3 is 1.00 bits per heavy atom. The molecule has 0 aliphatic heterocycles. The molecule has 0 bridgehead atoms. The summed E-state index contributed by atoms with van der Waals surface area (Å²) in [6.07, 6.45) is 1.00. The molecule has 398 valence electrons. The van der Waals surface area contributed by atoms with Gasteiger partial charge in [0.15, 0.2) is 6.61 Å². The summed E-state index contributed by atoms with van der Waals surface area (Å²) in [6.45, 7) is 12.1. The molecule has 0 spiro atoms. The van der Waals surface area contributed by atoms with Gasteiger partial charge >= 0.3 is 48.0 Å². The molecule has 0 amide bonds. The van der Waals surface area contributed by atoms with Gasteiger partial charge in [0.05, 0.1) is 18.4 Å². The van der Waals surface area contributed by atoms with Gasteiger partial charge in [-0.2, -0.15) is 43.9 Å². The van der Waals surface area contributed by atoms with Crippen molar-refractivity contribution >= 4 is 11.9 Å². The number of halogens is 12. The molecule has 0 aliphatic rings. The third-order valence-corrected chi connectivity index (χ3v) is 8.38. The number of carbonyl (C=O) groups is 2. The Morgan fingerprint density at radius 1 is 0.446 bits per heavy atom. The van der Waals surface area contributed by atoms with E-state index in [9.17, 15) is 62.3 Å². The molecule has 0 aromatic heterocycles. The second kappa shape index (κ2) is 40.8. The highest BCUT2D eigenvalue weighted by molar-refractivity contribution is 5.72. The molecule has 0 rings (SSSR count). The first-order valence-corrected chi connectivity index (χ1v) is 20.1. The van der Waals surface area contributed by atoms with Crippen molar-refractivity contribution in [2.75, 3.05) is 99.1 Å². The van der Waals surface area contributed by atoms with E-state index in [0.717, 1.165) is 51.9 Å². The lowest BCUT2D eigenvalue weighted by Gasteiger charge is -2.38. The highest BCUT2D eigenvalue weighted by atomic mass is 19.4. The molecule has 0 saturated carbocycles. The molecule has 0 saturated heterocycles. The normalized spacial score (nSPS) is 13.0. The van der Waals surface area contributed by atoms with Crippen molar-refractivity contribution in [3.8, 4) is 0 Å². The largest absolute Gasteiger partial charge is 0.465 e. The maximum atomic E-state index is 13.3. The van der Waals surface area contributed by atoms with Gasteiger partial charge in [-0.05, 0) is 51.4 Å². The van der Waals surface area contributed by atoms with E-state index in [0.29, 0.717) is 92.3 Å². The smallest absolute Gasteiger partial charge is 0.384 e. The molecule has 11 nitrogen and oxygen atoms in total. The first-order valence-electron chi connectivity index (χ1n) is 20.1. The molecule has 0 aromatic rings. The van der Waals surface area contributed by atoms with Gasteiger partial charge in [-0.25, -0.2) is 8.78 Å². The van der Waals surface area contributed by atoms with Crippen LogP contribution in [0.15, 0.2) is 0 Å². The zero-order chi connectivity index (χ0) is 47.0. The number of hydrogen-bond donors (Lipinski definition) is 1. The van der Waals surface area contributed by atoms with E-state index in [2.05, 4.69) is 4.74 Å². The van der Waals surface area contributed by atoms with Crippen LogP contribution in [-0.4, -0.2) is 152 Å². The molecule has 2 unspecified atom stereocenters. The lowest BCUT2D eigenvalue weighted by atomic mass is 9.94. The van der Waals surface area contributed by atoms with Gasteiger partial charge in [0.25, 0.3) is 0 Å². The van der Waals surface area contributed by atoms with Crippen LogP contribution in [0.1, 0.15) is 115 Å². The Balaban J connectivity index is -0.000000262. The summed E-state index contributed by atoms with van der Waals surface area (Å²) in [7, 11) is 0. The van der Waals surface area contributed by atoms with Crippen molar-refractivity contribution in [1.29, 1.82) is 0 Å². The van der Waals surface area contributed by atoms with Crippen LogP contribution in [0.5, 0.6) is 0 Å². The summed E-state index contributed by atoms with van der Waals surface area (Å²) in [6, 6.07) is 0. The summed E-state index contributed by atoms with van der Waals surface area (Å²) < 4.78 is 196. The van der Waals surface area contributed by atoms with Crippen LogP contribution in [0.4, 0.5) is 52.7 Å². The molecule has 23 heteroatoms. The van der Waals surface area contributed by atoms with E-state index in [1.165, 1.54) is 6.92 Å². The first-order chi connectivity index (χ1) is 28.5. The van der Waals surface area contributed by atoms with Gasteiger partial charge in [0.1, 0.15) is 0 Å². The molecular formula is C42H80F12O11. The van der Waals surface area contributed by atoms with E-state index in [-0.39, 0.29) is 54.6 Å². The number of aliphatic hydroxyl groups excluding tert-OH is 1. The van der Waals surface area contributed by atoms with Crippen molar-refractivity contribution in [2.24, 2.45) is 11.8 Å². The average molecular weight is 989 g/mol. The number of rotatable bonds is 38. The molecule has 0 heterocycles. The summed E-state index contributed by atoms with van der Waals surface area (Å²) in [4.78, 5) is 22.6. The zero-order valence-electron chi connectivity index (χ0n) is 35.3. The quantitative estimate of drug-likeness (QED) is 0.0361. The van der Waals surface area contributed by atoms with Gasteiger partial charge in [-0.15, -0.1) is 0 Å². The van der Waals surface area contributed by atoms with Crippen molar-refractivity contribution in [2.45, 2.75) is 151 Å². The summed E-state index contributed by atoms with van der Waals surface area (Å²) in [5.41, 5.74) is 0. The predicted molar refractivity (Wildman–Crippen MR) is 223 cm³/mol. The fourth-order valence-electron chi connectivity index (χ4n) is 4.07. The molecule has 0 fully saturated rings. The number of alkyl halides is 12. The number of ether oxygens (including phenoxy) is 8. The molecular weight excluding hydrogens is 908 g/mol. The fraction of sp³-hybridized carbons (Fsp3) is 0.952. The fourth-order valence-corrected chi connectivity index (χ4v) is 4.07. The first kappa shape index (κ1) is 74.4. The zero-order valence-corrected chi connectivity index (χ0v) is 35.3. The minimum absolute atomic E-state index is 0. The van der Waals surface area contributed by atoms with Gasteiger partial charge in [0, 0.05) is 92.3 Å². The summed E-state index contributed by atoms with van der Waals surface area (Å²) in [5.74, 6) is -38.7. The Morgan fingerprint density at radius 2 is 0.723 bits per heavy atom. The second-order valence-electron chi connectivity index (χ2n) is 13.6. The third-order valence-electron chi connectivity index (χ3n) is 8.38. The summed E-state index contributed by atoms with van der Waals surface area (Å²) >= 11 is 0. The van der Waals surface area contributed by atoms with E-state index in [1.54, 1.807) is 0 Å². The number of hydrogen-bond acceptors (Lipinski definition) is 11. The lowest BCUT2D eigenvalue weighted by Crippen LogP contribution is -2.69. The van der Waals surface area contributed by atoms with E-state index < -0.39 is 54.5 Å². The minimum Gasteiger partial charge on any atom is -0.465 e. The highest BCUT2D eigenvalue weighted by Gasteiger charge is 2.88. The minimum atomic E-state index is -7.62. The maximum Gasteiger partial charge on any atom is 0.384 e. The van der Waals surface area contributed by atoms with Crippen molar-refractivity contribution in [1.82, 2.24) is 0 Å². The molecule has 0 aliphatic carbocycles. The lowest BCUT2D eigenvalue weighted by molar-refractivity contribution is -0.414. The van der Waals surface area contributed by atoms with Crippen LogP contribution < -0.4 is 0 Å². The standard InChI is InChI=1S/C26H52O9.C12H12F12O2.4CH4/c1-3-25(2)26(28)35-24-10-23-34-22-9-21-33-20-8-19-32-18-7-17-31-16-6-15-30-14-5-13-29-12-4-11-27;1-3-5(2)6(25)26-4-8(15,16)10(19,20)12(23,24)11(21,22)9(17,18)7(13)14;;;;/h25,27H,3-24H2,1-2H3;5,7H,3-4H2,1-2H3;4*1H4. The van der Waals surface area contributed by atoms with Gasteiger partial charge in [-0.1, -0.05) is 57.4 Å². The molecule has 0 aromatic carbocycles. The van der Waals surface area contributed by atoms with Crippen LogP contribution >= 0.6 is 0 Å². The van der Waals surface area contributed by atoms with Crippen LogP contribution in [0.2, 0.25) is 0 Å². The van der Waals surface area contributed by atoms with E-state index >= 15 is 0 Å². The Kier molecular flexibility index (Phi) is 46.7. The van der Waals surface area contributed by atoms with Crippen LogP contribution in [0.25, 0.3) is 0 Å². The second-order valence-corrected chi connectivity index (χ2v) is 13.6.